The van der Waals surface area contributed by atoms with Crippen molar-refractivity contribution < 1.29 is 9.90 Å². The summed E-state index contributed by atoms with van der Waals surface area (Å²) in [7, 11) is 0. The Bertz CT molecular complexity index is 937. The molecule has 156 valence electrons. The van der Waals surface area contributed by atoms with E-state index < -0.39 is 6.09 Å². The van der Waals surface area contributed by atoms with Gasteiger partial charge in [-0.15, -0.1) is 0 Å². The van der Waals surface area contributed by atoms with Crippen LogP contribution in [0.4, 0.5) is 4.79 Å². The van der Waals surface area contributed by atoms with E-state index in [-0.39, 0.29) is 23.9 Å². The largest absolute Gasteiger partial charge is 0.465 e. The van der Waals surface area contributed by atoms with Crippen LogP contribution in [-0.4, -0.2) is 44.7 Å². The monoisotopic (exact) mass is 518 g/mol. The summed E-state index contributed by atoms with van der Waals surface area (Å²) in [6.07, 6.45) is 5.70. The van der Waals surface area contributed by atoms with Gasteiger partial charge in [0, 0.05) is 59.2 Å². The van der Waals surface area contributed by atoms with Crippen LogP contribution in [0, 0.1) is 11.8 Å². The number of hydrogen-bond donors (Lipinski definition) is 3. The second kappa shape index (κ2) is 9.61. The topological polar surface area (TPSA) is 112 Å². The van der Waals surface area contributed by atoms with Gasteiger partial charge in [-0.2, -0.15) is 10.2 Å². The van der Waals surface area contributed by atoms with Crippen LogP contribution in [0.2, 0.25) is 0 Å². The summed E-state index contributed by atoms with van der Waals surface area (Å²) in [6.45, 7) is 0. The van der Waals surface area contributed by atoms with Crippen LogP contribution in [-0.2, 0) is 0 Å². The Kier molecular flexibility index (Phi) is 6.68. The molecule has 2 aromatic heterocycles. The summed E-state index contributed by atoms with van der Waals surface area (Å²) in [6, 6.07) is 11.5. The molecular formula is C21H23IN6O2. The third-order valence-corrected chi connectivity index (χ3v) is 6.62. The van der Waals surface area contributed by atoms with Crippen molar-refractivity contribution in [1.29, 1.82) is 0 Å². The molecule has 1 aliphatic heterocycles. The highest BCUT2D eigenvalue weighted by atomic mass is 127. The van der Waals surface area contributed by atoms with E-state index in [1.807, 2.05) is 36.4 Å². The van der Waals surface area contributed by atoms with Crippen LogP contribution in [0.25, 0.3) is 0 Å². The lowest BCUT2D eigenvalue weighted by Crippen LogP contribution is -2.50. The molecule has 1 saturated carbocycles. The number of amides is 1. The summed E-state index contributed by atoms with van der Waals surface area (Å²) in [5.41, 5.74) is 3.44. The number of halogens is 1. The standard InChI is InChI=1S/C21H23IN6O2/c22-26-16-10-8-14-13(7-9-15(16)25-21(29)30)19(17-5-1-3-11-23-17)27-28-20(14)18-6-2-4-12-24-18/h1-6,11-16,25-26H,7-10H2,(H,29,30). The van der Waals surface area contributed by atoms with Gasteiger partial charge in [0.2, 0.25) is 0 Å². The van der Waals surface area contributed by atoms with Gasteiger partial charge >= 0.3 is 6.09 Å². The first-order chi connectivity index (χ1) is 14.7. The van der Waals surface area contributed by atoms with Gasteiger partial charge < -0.3 is 10.4 Å². The SMILES string of the molecule is O=C(O)NC1CCC2C(c3ccccn3)=NN=C(c3ccccn3)C2CCC1NI. The fourth-order valence-electron chi connectivity index (χ4n) is 4.41. The number of rotatable bonds is 4. The number of carbonyl (C=O) groups is 1. The van der Waals surface area contributed by atoms with Gasteiger partial charge in [-0.25, -0.2) is 4.79 Å². The van der Waals surface area contributed by atoms with E-state index in [1.165, 1.54) is 0 Å². The molecule has 0 radical (unpaired) electrons. The number of nitrogens with zero attached hydrogens (tertiary/aromatic N) is 4. The predicted octanol–water partition coefficient (Wildman–Crippen LogP) is 3.43. The molecule has 30 heavy (non-hydrogen) atoms. The molecule has 0 aromatic carbocycles. The highest BCUT2D eigenvalue weighted by molar-refractivity contribution is 14.1. The lowest BCUT2D eigenvalue weighted by atomic mass is 9.72. The minimum absolute atomic E-state index is 0.0461. The van der Waals surface area contributed by atoms with E-state index in [4.69, 9.17) is 0 Å². The molecular weight excluding hydrogens is 495 g/mol. The first kappa shape index (κ1) is 20.9. The summed E-state index contributed by atoms with van der Waals surface area (Å²) in [5, 5.41) is 21.2. The van der Waals surface area contributed by atoms with Gasteiger partial charge in [0.1, 0.15) is 0 Å². The van der Waals surface area contributed by atoms with E-state index in [9.17, 15) is 9.90 Å². The number of nitrogens with one attached hydrogen (secondary N) is 2. The minimum atomic E-state index is -0.994. The van der Waals surface area contributed by atoms with Crippen molar-refractivity contribution in [3.05, 3.63) is 60.2 Å². The van der Waals surface area contributed by atoms with Gasteiger partial charge in [-0.05, 0) is 49.9 Å². The second-order valence-corrected chi connectivity index (χ2v) is 8.16. The molecule has 2 aliphatic rings. The lowest BCUT2D eigenvalue weighted by Gasteiger charge is -2.37. The summed E-state index contributed by atoms with van der Waals surface area (Å²) < 4.78 is 3.27. The summed E-state index contributed by atoms with van der Waals surface area (Å²) >= 11 is 2.12. The first-order valence-corrected chi connectivity index (χ1v) is 11.1. The normalized spacial score (nSPS) is 26.4. The van der Waals surface area contributed by atoms with Crippen molar-refractivity contribution in [1.82, 2.24) is 18.8 Å². The van der Waals surface area contributed by atoms with Crippen LogP contribution in [0.3, 0.4) is 0 Å². The van der Waals surface area contributed by atoms with Crippen molar-refractivity contribution >= 4 is 40.4 Å². The fraction of sp³-hybridized carbons (Fsp3) is 0.381. The minimum Gasteiger partial charge on any atom is -0.465 e. The van der Waals surface area contributed by atoms with Gasteiger partial charge in [-0.3, -0.25) is 13.5 Å². The maximum absolute atomic E-state index is 11.3. The maximum Gasteiger partial charge on any atom is 0.404 e. The fourth-order valence-corrected chi connectivity index (χ4v) is 5.15. The van der Waals surface area contributed by atoms with E-state index in [0.717, 1.165) is 42.1 Å². The van der Waals surface area contributed by atoms with Gasteiger partial charge in [0.25, 0.3) is 0 Å². The molecule has 0 spiro atoms. The van der Waals surface area contributed by atoms with E-state index in [2.05, 4.69) is 51.9 Å². The van der Waals surface area contributed by atoms with Crippen molar-refractivity contribution in [3.8, 4) is 0 Å². The Hall–Kier alpha value is -2.40. The molecule has 9 heteroatoms. The van der Waals surface area contributed by atoms with Gasteiger partial charge in [-0.1, -0.05) is 12.1 Å². The number of hydrogen-bond acceptors (Lipinski definition) is 6. The Morgan fingerprint density at radius 1 is 0.867 bits per heavy atom. The Morgan fingerprint density at radius 2 is 1.40 bits per heavy atom. The molecule has 2 aromatic rings. The predicted molar refractivity (Wildman–Crippen MR) is 123 cm³/mol. The highest BCUT2D eigenvalue weighted by Gasteiger charge is 2.39. The molecule has 1 amide bonds. The average Bonchev–Trinajstić information content (AvgIpc) is 2.77. The van der Waals surface area contributed by atoms with E-state index in [0.29, 0.717) is 6.42 Å². The third-order valence-electron chi connectivity index (χ3n) is 5.82. The smallest absolute Gasteiger partial charge is 0.404 e. The zero-order valence-electron chi connectivity index (χ0n) is 16.3. The zero-order valence-corrected chi connectivity index (χ0v) is 18.4. The molecule has 3 N–H and O–H groups in total. The second-order valence-electron chi connectivity index (χ2n) is 7.54. The number of pyridine rings is 2. The van der Waals surface area contributed by atoms with Gasteiger partial charge in [0.15, 0.2) is 0 Å². The first-order valence-electron chi connectivity index (χ1n) is 10.0. The van der Waals surface area contributed by atoms with Crippen LogP contribution in [0.15, 0.2) is 59.0 Å². The van der Waals surface area contributed by atoms with Crippen molar-refractivity contribution in [3.63, 3.8) is 0 Å². The molecule has 4 atom stereocenters. The Labute approximate surface area is 188 Å². The van der Waals surface area contributed by atoms with Crippen LogP contribution in [0.1, 0.15) is 37.1 Å². The zero-order chi connectivity index (χ0) is 20.9. The Balaban J connectivity index is 1.71. The summed E-state index contributed by atoms with van der Waals surface area (Å²) in [5.74, 6) is 0.245. The number of carboxylic acid groups (broad SMARTS) is 1. The van der Waals surface area contributed by atoms with Gasteiger partial charge in [0.05, 0.1) is 22.8 Å². The molecule has 3 heterocycles. The Morgan fingerprint density at radius 3 is 1.83 bits per heavy atom. The highest BCUT2D eigenvalue weighted by Crippen LogP contribution is 2.36. The molecule has 4 rings (SSSR count). The average molecular weight is 518 g/mol. The number of aromatic nitrogens is 2. The number of fused-ring (bicyclic) bond motifs is 1. The molecule has 0 saturated heterocycles. The van der Waals surface area contributed by atoms with E-state index >= 15 is 0 Å². The lowest BCUT2D eigenvalue weighted by molar-refractivity contribution is 0.182. The third kappa shape index (κ3) is 4.51. The van der Waals surface area contributed by atoms with Crippen molar-refractivity contribution in [2.75, 3.05) is 0 Å². The summed E-state index contributed by atoms with van der Waals surface area (Å²) in [4.78, 5) is 20.4. The van der Waals surface area contributed by atoms with Crippen LogP contribution in [0.5, 0.6) is 0 Å². The van der Waals surface area contributed by atoms with Crippen molar-refractivity contribution in [2.45, 2.75) is 37.8 Å². The van der Waals surface area contributed by atoms with Crippen molar-refractivity contribution in [2.24, 2.45) is 22.0 Å². The molecule has 0 bridgehead atoms. The van der Waals surface area contributed by atoms with E-state index in [1.54, 1.807) is 12.4 Å². The molecule has 8 nitrogen and oxygen atoms in total. The maximum atomic E-state index is 11.3. The quantitative estimate of drug-likeness (QED) is 0.424. The molecule has 1 aliphatic carbocycles. The molecule has 1 fully saturated rings. The van der Waals surface area contributed by atoms with Crippen LogP contribution >= 0.6 is 22.9 Å². The van der Waals surface area contributed by atoms with Crippen LogP contribution < -0.4 is 8.85 Å². The molecule has 4 unspecified atom stereocenters.